The van der Waals surface area contributed by atoms with Gasteiger partial charge in [-0.15, -0.1) is 0 Å². The fourth-order valence-corrected chi connectivity index (χ4v) is 5.40. The number of nitrogens with zero attached hydrogens (tertiary/aromatic N) is 3. The molecule has 1 unspecified atom stereocenters. The van der Waals surface area contributed by atoms with Gasteiger partial charge < -0.3 is 9.80 Å². The van der Waals surface area contributed by atoms with Crippen LogP contribution in [-0.2, 0) is 15.4 Å². The van der Waals surface area contributed by atoms with Gasteiger partial charge in [0.1, 0.15) is 0 Å². The Labute approximate surface area is 150 Å². The summed E-state index contributed by atoms with van der Waals surface area (Å²) in [4.78, 5) is 16.0. The van der Waals surface area contributed by atoms with Crippen molar-refractivity contribution in [2.24, 2.45) is 5.92 Å². The van der Waals surface area contributed by atoms with E-state index in [4.69, 9.17) is 0 Å². The minimum absolute atomic E-state index is 0.00500. The van der Waals surface area contributed by atoms with Gasteiger partial charge in [0.2, 0.25) is 10.0 Å². The second kappa shape index (κ2) is 6.61. The molecule has 0 saturated carbocycles. The average molecular weight is 365 g/mol. The summed E-state index contributed by atoms with van der Waals surface area (Å²) in [6.07, 6.45) is 0.748. The number of carbonyl (C=O) groups excluding carboxylic acids is 1. The zero-order valence-electron chi connectivity index (χ0n) is 15.2. The van der Waals surface area contributed by atoms with Crippen molar-refractivity contribution < 1.29 is 13.2 Å². The molecule has 2 heterocycles. The summed E-state index contributed by atoms with van der Waals surface area (Å²) < 4.78 is 26.3. The van der Waals surface area contributed by atoms with Gasteiger partial charge in [0.05, 0.1) is 5.75 Å². The summed E-state index contributed by atoms with van der Waals surface area (Å²) >= 11 is 0. The lowest BCUT2D eigenvalue weighted by atomic mass is 9.68. The smallest absolute Gasteiger partial charge is 0.319 e. The third-order valence-corrected chi connectivity index (χ3v) is 7.53. The predicted octanol–water partition coefficient (Wildman–Crippen LogP) is 1.59. The van der Waals surface area contributed by atoms with E-state index >= 15 is 0 Å². The second-order valence-corrected chi connectivity index (χ2v) is 9.54. The average Bonchev–Trinajstić information content (AvgIpc) is 3.01. The highest BCUT2D eigenvalue weighted by Crippen LogP contribution is 2.45. The second-order valence-electron chi connectivity index (χ2n) is 7.29. The molecule has 0 spiro atoms. The number of carbonyl (C=O) groups is 1. The highest BCUT2D eigenvalue weighted by molar-refractivity contribution is 7.89. The van der Waals surface area contributed by atoms with Gasteiger partial charge in [-0.1, -0.05) is 30.3 Å². The molecule has 1 aromatic rings. The maximum absolute atomic E-state index is 12.5. The van der Waals surface area contributed by atoms with Crippen molar-refractivity contribution in [1.29, 1.82) is 0 Å². The van der Waals surface area contributed by atoms with Gasteiger partial charge >= 0.3 is 6.03 Å². The lowest BCUT2D eigenvalue weighted by molar-refractivity contribution is 0.177. The van der Waals surface area contributed by atoms with Crippen LogP contribution in [0.5, 0.6) is 0 Å². The molecule has 1 aromatic carbocycles. The van der Waals surface area contributed by atoms with E-state index in [0.29, 0.717) is 26.2 Å². The summed E-state index contributed by atoms with van der Waals surface area (Å²) in [5.74, 6) is 0.243. The Hall–Kier alpha value is -1.60. The number of fused-ring (bicyclic) bond motifs is 1. The number of amides is 2. The Balaban J connectivity index is 1.95. The van der Waals surface area contributed by atoms with Gasteiger partial charge in [-0.25, -0.2) is 17.5 Å². The van der Waals surface area contributed by atoms with E-state index in [2.05, 4.69) is 12.1 Å². The number of rotatable bonds is 3. The number of hydrogen-bond acceptors (Lipinski definition) is 3. The van der Waals surface area contributed by atoms with Crippen molar-refractivity contribution in [3.63, 3.8) is 0 Å². The van der Waals surface area contributed by atoms with Crippen LogP contribution in [0.25, 0.3) is 0 Å². The molecule has 25 heavy (non-hydrogen) atoms. The van der Waals surface area contributed by atoms with Crippen molar-refractivity contribution in [2.75, 3.05) is 46.0 Å². The number of likely N-dealkylation sites (tertiary alicyclic amines) is 1. The molecule has 0 N–H and O–H groups in total. The van der Waals surface area contributed by atoms with Crippen LogP contribution in [0, 0.1) is 5.92 Å². The van der Waals surface area contributed by atoms with Crippen LogP contribution in [0.15, 0.2) is 30.3 Å². The Morgan fingerprint density at radius 2 is 1.92 bits per heavy atom. The zero-order chi connectivity index (χ0) is 18.2. The van der Waals surface area contributed by atoms with Crippen LogP contribution in [-0.4, -0.2) is 74.6 Å². The zero-order valence-corrected chi connectivity index (χ0v) is 16.0. The highest BCUT2D eigenvalue weighted by atomic mass is 32.2. The molecule has 2 amide bonds. The monoisotopic (exact) mass is 365 g/mol. The van der Waals surface area contributed by atoms with Crippen LogP contribution >= 0.6 is 0 Å². The van der Waals surface area contributed by atoms with Crippen LogP contribution in [0.3, 0.4) is 0 Å². The first-order chi connectivity index (χ1) is 11.8. The third-order valence-electron chi connectivity index (χ3n) is 5.69. The molecule has 7 heteroatoms. The lowest BCUT2D eigenvalue weighted by Gasteiger charge is -2.43. The minimum Gasteiger partial charge on any atom is -0.331 e. The molecule has 138 valence electrons. The minimum atomic E-state index is -3.20. The van der Waals surface area contributed by atoms with Crippen LogP contribution in [0.1, 0.15) is 18.9 Å². The third kappa shape index (κ3) is 3.15. The van der Waals surface area contributed by atoms with E-state index < -0.39 is 10.0 Å². The van der Waals surface area contributed by atoms with Gasteiger partial charge in [-0.05, 0) is 18.9 Å². The van der Waals surface area contributed by atoms with E-state index in [1.165, 1.54) is 5.56 Å². The van der Waals surface area contributed by atoms with Crippen LogP contribution in [0.4, 0.5) is 4.79 Å². The lowest BCUT2D eigenvalue weighted by Crippen LogP contribution is -2.51. The SMILES string of the molecule is CCS(=O)(=O)N1CC[C@@]2(c3ccccc3)CN(C(=O)N(C)C)CC2C1. The molecule has 2 atom stereocenters. The molecule has 2 saturated heterocycles. The Bertz CT molecular complexity index is 735. The number of urea groups is 1. The number of benzene rings is 1. The molecule has 2 aliphatic heterocycles. The van der Waals surface area contributed by atoms with E-state index in [9.17, 15) is 13.2 Å². The fourth-order valence-electron chi connectivity index (χ4n) is 4.26. The van der Waals surface area contributed by atoms with E-state index in [1.807, 2.05) is 23.1 Å². The molecule has 2 aliphatic rings. The van der Waals surface area contributed by atoms with Crippen molar-refractivity contribution in [3.8, 4) is 0 Å². The topological polar surface area (TPSA) is 60.9 Å². The normalized spacial score (nSPS) is 27.2. The molecule has 0 aliphatic carbocycles. The quantitative estimate of drug-likeness (QED) is 0.817. The maximum Gasteiger partial charge on any atom is 0.319 e. The van der Waals surface area contributed by atoms with E-state index in [1.54, 1.807) is 30.2 Å². The number of hydrogen-bond donors (Lipinski definition) is 0. The van der Waals surface area contributed by atoms with Crippen LogP contribution < -0.4 is 0 Å². The first-order valence-electron chi connectivity index (χ1n) is 8.80. The highest BCUT2D eigenvalue weighted by Gasteiger charge is 2.53. The predicted molar refractivity (Wildman–Crippen MR) is 97.9 cm³/mol. The largest absolute Gasteiger partial charge is 0.331 e. The molecule has 2 fully saturated rings. The van der Waals surface area contributed by atoms with E-state index in [-0.39, 0.29) is 23.1 Å². The van der Waals surface area contributed by atoms with Crippen molar-refractivity contribution in [1.82, 2.24) is 14.1 Å². The number of sulfonamides is 1. The standard InChI is InChI=1S/C18H27N3O3S/c1-4-25(23,24)21-11-10-18(15-8-6-5-7-9-15)14-20(12-16(18)13-21)17(22)19(2)3/h5-9,16H,4,10-14H2,1-3H3/t16?,18-/m0/s1. The molecular weight excluding hydrogens is 338 g/mol. The number of piperidine rings is 1. The van der Waals surface area contributed by atoms with Gasteiger partial charge in [0.15, 0.2) is 0 Å². The molecule has 0 bridgehead atoms. The van der Waals surface area contributed by atoms with Crippen molar-refractivity contribution in [3.05, 3.63) is 35.9 Å². The van der Waals surface area contributed by atoms with E-state index in [0.717, 1.165) is 6.42 Å². The molecule has 0 radical (unpaired) electrons. The summed E-state index contributed by atoms with van der Waals surface area (Å²) in [5, 5.41) is 0. The van der Waals surface area contributed by atoms with Gasteiger partial charge in [-0.3, -0.25) is 0 Å². The van der Waals surface area contributed by atoms with Crippen molar-refractivity contribution in [2.45, 2.75) is 18.8 Å². The Morgan fingerprint density at radius 1 is 1.24 bits per heavy atom. The van der Waals surface area contributed by atoms with Gasteiger partial charge in [0.25, 0.3) is 0 Å². The van der Waals surface area contributed by atoms with Gasteiger partial charge in [-0.2, -0.15) is 0 Å². The van der Waals surface area contributed by atoms with Gasteiger partial charge in [0, 0.05) is 51.6 Å². The van der Waals surface area contributed by atoms with Crippen LogP contribution in [0.2, 0.25) is 0 Å². The molecule has 6 nitrogen and oxygen atoms in total. The Kier molecular flexibility index (Phi) is 4.81. The maximum atomic E-state index is 12.5. The first-order valence-corrected chi connectivity index (χ1v) is 10.4. The summed E-state index contributed by atoms with van der Waals surface area (Å²) in [5.41, 5.74) is 1.05. The summed E-state index contributed by atoms with van der Waals surface area (Å²) in [7, 11) is 0.311. The summed E-state index contributed by atoms with van der Waals surface area (Å²) in [6, 6.07) is 10.2. The molecular formula is C18H27N3O3S. The van der Waals surface area contributed by atoms with Crippen molar-refractivity contribution >= 4 is 16.1 Å². The fraction of sp³-hybridized carbons (Fsp3) is 0.611. The Morgan fingerprint density at radius 3 is 2.52 bits per heavy atom. The molecule has 0 aromatic heterocycles. The first kappa shape index (κ1) is 18.2. The summed E-state index contributed by atoms with van der Waals surface area (Å²) in [6.45, 7) is 3.94. The molecule has 3 rings (SSSR count).